The number of hydrogen-bond acceptors (Lipinski definition) is 2. The fourth-order valence-corrected chi connectivity index (χ4v) is 1.24. The van der Waals surface area contributed by atoms with Crippen LogP contribution in [0.2, 0.25) is 0 Å². The molecule has 1 saturated heterocycles. The summed E-state index contributed by atoms with van der Waals surface area (Å²) in [6, 6.07) is 8.48. The molecule has 14 heavy (non-hydrogen) atoms. The molecule has 1 aliphatic rings. The van der Waals surface area contributed by atoms with Crippen molar-refractivity contribution in [1.29, 1.82) is 0 Å². The zero-order chi connectivity index (χ0) is 10.2. The minimum absolute atomic E-state index is 1.14. The summed E-state index contributed by atoms with van der Waals surface area (Å²) in [5.41, 5.74) is 2.66. The van der Waals surface area contributed by atoms with Gasteiger partial charge >= 0.3 is 0 Å². The van der Waals surface area contributed by atoms with Gasteiger partial charge in [0.2, 0.25) is 0 Å². The van der Waals surface area contributed by atoms with Gasteiger partial charge in [0.05, 0.1) is 0 Å². The Morgan fingerprint density at radius 2 is 1.00 bits per heavy atom. The van der Waals surface area contributed by atoms with E-state index in [1.165, 1.54) is 11.1 Å². The predicted octanol–water partition coefficient (Wildman–Crippen LogP) is 1.48. The third-order valence-corrected chi connectivity index (χ3v) is 2.18. The van der Waals surface area contributed by atoms with E-state index >= 15 is 0 Å². The van der Waals surface area contributed by atoms with E-state index in [-0.39, 0.29) is 0 Å². The van der Waals surface area contributed by atoms with Gasteiger partial charge < -0.3 is 10.6 Å². The first-order valence-electron chi connectivity index (χ1n) is 5.24. The van der Waals surface area contributed by atoms with Gasteiger partial charge in [-0.3, -0.25) is 0 Å². The maximum Gasteiger partial charge on any atom is 0.00772 e. The van der Waals surface area contributed by atoms with Crippen molar-refractivity contribution in [2.24, 2.45) is 0 Å². The van der Waals surface area contributed by atoms with Crippen LogP contribution in [0.1, 0.15) is 11.1 Å². The Bertz CT molecular complexity index is 204. The molecule has 0 amide bonds. The van der Waals surface area contributed by atoms with E-state index < -0.39 is 0 Å². The molecule has 2 N–H and O–H groups in total. The van der Waals surface area contributed by atoms with Crippen LogP contribution in [0.5, 0.6) is 0 Å². The largest absolute Gasteiger partial charge is 0.314 e. The highest BCUT2D eigenvalue weighted by Gasteiger charge is 1.91. The molecule has 78 valence electrons. The molecule has 2 heteroatoms. The Balaban J connectivity index is 0.000000146. The van der Waals surface area contributed by atoms with Gasteiger partial charge in [-0.2, -0.15) is 0 Å². The molecule has 2 rings (SSSR count). The van der Waals surface area contributed by atoms with E-state index in [0.717, 1.165) is 26.2 Å². The number of benzene rings is 1. The third kappa shape index (κ3) is 5.00. The average Bonchev–Trinajstić information content (AvgIpc) is 2.26. The summed E-state index contributed by atoms with van der Waals surface area (Å²) in [6.45, 7) is 8.75. The normalized spacial score (nSPS) is 15.6. The second-order valence-corrected chi connectivity index (χ2v) is 3.65. The van der Waals surface area contributed by atoms with E-state index in [4.69, 9.17) is 0 Å². The summed E-state index contributed by atoms with van der Waals surface area (Å²) in [7, 11) is 0. The van der Waals surface area contributed by atoms with E-state index in [9.17, 15) is 0 Å². The Labute approximate surface area is 86.7 Å². The lowest BCUT2D eigenvalue weighted by Gasteiger charge is -2.11. The summed E-state index contributed by atoms with van der Waals surface area (Å²) in [5.74, 6) is 0. The van der Waals surface area contributed by atoms with E-state index in [1.54, 1.807) is 0 Å². The van der Waals surface area contributed by atoms with Crippen molar-refractivity contribution >= 4 is 0 Å². The van der Waals surface area contributed by atoms with Gasteiger partial charge in [0, 0.05) is 26.2 Å². The van der Waals surface area contributed by atoms with Gasteiger partial charge in [-0.1, -0.05) is 35.4 Å². The SMILES string of the molecule is C1CNCCN1.Cc1ccc(C)cc1. The fraction of sp³-hybridized carbons (Fsp3) is 0.500. The van der Waals surface area contributed by atoms with Crippen LogP contribution >= 0.6 is 0 Å². The molecule has 1 fully saturated rings. The van der Waals surface area contributed by atoms with E-state index in [0.29, 0.717) is 0 Å². The second kappa shape index (κ2) is 6.57. The minimum Gasteiger partial charge on any atom is -0.314 e. The molecule has 0 atom stereocenters. The lowest BCUT2D eigenvalue weighted by Crippen LogP contribution is -2.39. The first kappa shape index (κ1) is 11.2. The molecule has 1 heterocycles. The summed E-state index contributed by atoms with van der Waals surface area (Å²) in [5, 5.41) is 6.44. The lowest BCUT2D eigenvalue weighted by molar-refractivity contribution is 0.534. The summed E-state index contributed by atoms with van der Waals surface area (Å²) >= 11 is 0. The second-order valence-electron chi connectivity index (χ2n) is 3.65. The van der Waals surface area contributed by atoms with Crippen LogP contribution in [0.4, 0.5) is 0 Å². The maximum atomic E-state index is 3.22. The van der Waals surface area contributed by atoms with Gasteiger partial charge in [-0.25, -0.2) is 0 Å². The zero-order valence-electron chi connectivity index (χ0n) is 9.14. The van der Waals surface area contributed by atoms with Crippen molar-refractivity contribution in [2.75, 3.05) is 26.2 Å². The zero-order valence-corrected chi connectivity index (χ0v) is 9.14. The first-order valence-corrected chi connectivity index (χ1v) is 5.24. The Kier molecular flexibility index (Phi) is 5.27. The van der Waals surface area contributed by atoms with Gasteiger partial charge in [-0.05, 0) is 13.8 Å². The molecular formula is C12H20N2. The first-order chi connectivity index (χ1) is 6.79. The number of hydrogen-bond donors (Lipinski definition) is 2. The Morgan fingerprint density at radius 3 is 1.21 bits per heavy atom. The maximum absolute atomic E-state index is 3.22. The lowest BCUT2D eigenvalue weighted by atomic mass is 10.2. The summed E-state index contributed by atoms with van der Waals surface area (Å²) < 4.78 is 0. The van der Waals surface area contributed by atoms with Crippen molar-refractivity contribution in [1.82, 2.24) is 10.6 Å². The van der Waals surface area contributed by atoms with Gasteiger partial charge in [-0.15, -0.1) is 0 Å². The van der Waals surface area contributed by atoms with Crippen LogP contribution < -0.4 is 10.6 Å². The van der Waals surface area contributed by atoms with Crippen molar-refractivity contribution in [3.63, 3.8) is 0 Å². The van der Waals surface area contributed by atoms with Crippen LogP contribution in [0.15, 0.2) is 24.3 Å². The quantitative estimate of drug-likeness (QED) is 0.650. The molecule has 0 bridgehead atoms. The summed E-state index contributed by atoms with van der Waals surface area (Å²) in [4.78, 5) is 0. The van der Waals surface area contributed by atoms with E-state index in [2.05, 4.69) is 48.7 Å². The van der Waals surface area contributed by atoms with Crippen molar-refractivity contribution in [3.05, 3.63) is 35.4 Å². The molecular weight excluding hydrogens is 172 g/mol. The number of aryl methyl sites for hydroxylation is 2. The van der Waals surface area contributed by atoms with E-state index in [1.807, 2.05) is 0 Å². The molecule has 0 spiro atoms. The molecule has 0 aromatic heterocycles. The van der Waals surface area contributed by atoms with Crippen LogP contribution in [-0.2, 0) is 0 Å². The van der Waals surface area contributed by atoms with Crippen molar-refractivity contribution < 1.29 is 0 Å². The summed E-state index contributed by atoms with van der Waals surface area (Å²) in [6.07, 6.45) is 0. The highest BCUT2D eigenvalue weighted by Crippen LogP contribution is 1.99. The third-order valence-electron chi connectivity index (χ3n) is 2.18. The predicted molar refractivity (Wildman–Crippen MR) is 61.7 cm³/mol. The number of piperazine rings is 1. The van der Waals surface area contributed by atoms with Crippen molar-refractivity contribution in [3.8, 4) is 0 Å². The number of rotatable bonds is 0. The van der Waals surface area contributed by atoms with Gasteiger partial charge in [0.15, 0.2) is 0 Å². The van der Waals surface area contributed by atoms with Crippen LogP contribution in [-0.4, -0.2) is 26.2 Å². The smallest absolute Gasteiger partial charge is 0.00772 e. The van der Waals surface area contributed by atoms with Crippen LogP contribution in [0.3, 0.4) is 0 Å². The standard InChI is InChI=1S/C8H10.C4H10N2/c1-7-3-5-8(2)6-4-7;1-2-6-4-3-5-1/h3-6H,1-2H3;5-6H,1-4H2. The molecule has 0 aliphatic carbocycles. The molecule has 0 unspecified atom stereocenters. The fourth-order valence-electron chi connectivity index (χ4n) is 1.24. The highest BCUT2D eigenvalue weighted by atomic mass is 15.0. The van der Waals surface area contributed by atoms with Gasteiger partial charge in [0.1, 0.15) is 0 Å². The molecule has 1 aromatic rings. The van der Waals surface area contributed by atoms with Crippen LogP contribution in [0.25, 0.3) is 0 Å². The molecule has 0 saturated carbocycles. The molecule has 1 aromatic carbocycles. The topological polar surface area (TPSA) is 24.1 Å². The Morgan fingerprint density at radius 1 is 0.714 bits per heavy atom. The average molecular weight is 192 g/mol. The molecule has 2 nitrogen and oxygen atoms in total. The Hall–Kier alpha value is -0.860. The van der Waals surface area contributed by atoms with Crippen molar-refractivity contribution in [2.45, 2.75) is 13.8 Å². The number of nitrogens with one attached hydrogen (secondary N) is 2. The minimum atomic E-state index is 1.14. The van der Waals surface area contributed by atoms with Crippen LogP contribution in [0, 0.1) is 13.8 Å². The molecule has 1 aliphatic heterocycles. The monoisotopic (exact) mass is 192 g/mol. The highest BCUT2D eigenvalue weighted by molar-refractivity contribution is 5.19. The molecule has 0 radical (unpaired) electrons. The van der Waals surface area contributed by atoms with Gasteiger partial charge in [0.25, 0.3) is 0 Å².